The maximum absolute atomic E-state index is 12.1. The Bertz CT molecular complexity index is 459. The van der Waals surface area contributed by atoms with E-state index in [4.69, 9.17) is 0 Å². The molecule has 90 valence electrons. The second kappa shape index (κ2) is 4.53. The number of hydrogen-bond donors (Lipinski definition) is 0. The predicted octanol–water partition coefficient (Wildman–Crippen LogP) is 2.12. The van der Waals surface area contributed by atoms with E-state index in [1.54, 1.807) is 7.05 Å². The molecule has 0 saturated carbocycles. The van der Waals surface area contributed by atoms with Gasteiger partial charge in [0.25, 0.3) is 5.91 Å². The Morgan fingerprint density at radius 2 is 1.82 bits per heavy atom. The van der Waals surface area contributed by atoms with Gasteiger partial charge in [-0.15, -0.1) is 0 Å². The lowest BCUT2D eigenvalue weighted by Gasteiger charge is -2.17. The second-order valence-corrected chi connectivity index (χ2v) is 7.50. The highest BCUT2D eigenvalue weighted by atomic mass is 79.9. The fraction of sp³-hybridized carbons (Fsp3) is 0.333. The Balaban J connectivity index is 2.24. The highest BCUT2D eigenvalue weighted by Gasteiger charge is 2.54. The van der Waals surface area contributed by atoms with E-state index in [0.29, 0.717) is 6.42 Å². The number of benzene rings is 1. The lowest BCUT2D eigenvalue weighted by Crippen LogP contribution is -2.33. The summed E-state index contributed by atoms with van der Waals surface area (Å²) in [5.74, 6) is -0.391. The van der Waals surface area contributed by atoms with Crippen molar-refractivity contribution in [2.75, 3.05) is 7.05 Å². The Morgan fingerprint density at radius 3 is 2.29 bits per heavy atom. The maximum Gasteiger partial charge on any atom is 0.258 e. The van der Waals surface area contributed by atoms with Crippen LogP contribution in [0.15, 0.2) is 30.3 Å². The number of hydrogen-bond acceptors (Lipinski definition) is 2. The van der Waals surface area contributed by atoms with Crippen LogP contribution in [-0.4, -0.2) is 32.9 Å². The Hall–Kier alpha value is -0.680. The van der Waals surface area contributed by atoms with Gasteiger partial charge in [0.05, 0.1) is 6.04 Å². The molecule has 1 unspecified atom stereocenters. The number of nitrogens with zero attached hydrogens (tertiary/aromatic N) is 1. The Labute approximate surface area is 116 Å². The lowest BCUT2D eigenvalue weighted by molar-refractivity contribution is -0.127. The average Bonchev–Trinajstić information content (AvgIpc) is 2.46. The van der Waals surface area contributed by atoms with Crippen LogP contribution in [0, 0.1) is 0 Å². The van der Waals surface area contributed by atoms with Gasteiger partial charge < -0.3 is 4.90 Å². The van der Waals surface area contributed by atoms with Crippen LogP contribution < -0.4 is 0 Å². The van der Waals surface area contributed by atoms with Crippen LogP contribution in [0.4, 0.5) is 0 Å². The van der Waals surface area contributed by atoms with Gasteiger partial charge in [0, 0.05) is 13.5 Å². The van der Waals surface area contributed by atoms with Gasteiger partial charge in [-0.25, -0.2) is 0 Å². The molecule has 0 N–H and O–H groups in total. The van der Waals surface area contributed by atoms with E-state index in [1.165, 1.54) is 4.90 Å². The number of halogens is 2. The Kier molecular flexibility index (Phi) is 3.41. The molecule has 1 aromatic rings. The van der Waals surface area contributed by atoms with Crippen LogP contribution in [0.3, 0.4) is 0 Å². The van der Waals surface area contributed by atoms with E-state index in [2.05, 4.69) is 31.9 Å². The number of likely N-dealkylation sites (N-methyl/N-ethyl adjacent to an activating group) is 1. The van der Waals surface area contributed by atoms with Gasteiger partial charge in [-0.05, 0) is 5.56 Å². The molecule has 5 heteroatoms. The molecule has 0 spiro atoms. The van der Waals surface area contributed by atoms with Crippen molar-refractivity contribution in [3.63, 3.8) is 0 Å². The molecule has 1 amide bonds. The van der Waals surface area contributed by atoms with Gasteiger partial charge in [0.1, 0.15) is 0 Å². The van der Waals surface area contributed by atoms with Gasteiger partial charge in [-0.3, -0.25) is 9.59 Å². The van der Waals surface area contributed by atoms with Crippen molar-refractivity contribution in [2.45, 2.75) is 15.7 Å². The van der Waals surface area contributed by atoms with Crippen molar-refractivity contribution >= 4 is 43.6 Å². The van der Waals surface area contributed by atoms with Gasteiger partial charge in [0.15, 0.2) is 5.78 Å². The quantitative estimate of drug-likeness (QED) is 0.598. The molecule has 1 aliphatic rings. The van der Waals surface area contributed by atoms with Crippen molar-refractivity contribution in [1.29, 1.82) is 0 Å². The standard InChI is InChI=1S/C12H11Br2NO2/c1-15-9(7-8-5-3-2-4-6-8)10(16)12(13,14)11(15)17/h2-6,9H,7H2,1H3. The van der Waals surface area contributed by atoms with E-state index in [9.17, 15) is 9.59 Å². The third kappa shape index (κ3) is 2.18. The van der Waals surface area contributed by atoms with Gasteiger partial charge >= 0.3 is 0 Å². The fourth-order valence-corrected chi connectivity index (χ4v) is 3.01. The zero-order valence-electron chi connectivity index (χ0n) is 9.19. The first-order valence-corrected chi connectivity index (χ1v) is 6.76. The van der Waals surface area contributed by atoms with Crippen molar-refractivity contribution in [3.05, 3.63) is 35.9 Å². The highest BCUT2D eigenvalue weighted by Crippen LogP contribution is 2.38. The Morgan fingerprint density at radius 1 is 1.24 bits per heavy atom. The molecule has 0 radical (unpaired) electrons. The topological polar surface area (TPSA) is 37.4 Å². The summed E-state index contributed by atoms with van der Waals surface area (Å²) in [5.41, 5.74) is 1.04. The minimum Gasteiger partial charge on any atom is -0.333 e. The summed E-state index contributed by atoms with van der Waals surface area (Å²) in [7, 11) is 1.65. The first-order valence-electron chi connectivity index (χ1n) is 5.18. The molecule has 0 bridgehead atoms. The van der Waals surface area contributed by atoms with Crippen LogP contribution in [0.2, 0.25) is 0 Å². The van der Waals surface area contributed by atoms with Gasteiger partial charge in [-0.1, -0.05) is 62.2 Å². The predicted molar refractivity (Wildman–Crippen MR) is 72.3 cm³/mol. The minimum absolute atomic E-state index is 0.145. The van der Waals surface area contributed by atoms with E-state index in [0.717, 1.165) is 5.56 Å². The van der Waals surface area contributed by atoms with Crippen LogP contribution in [-0.2, 0) is 16.0 Å². The molecule has 1 fully saturated rings. The molecule has 2 rings (SSSR count). The van der Waals surface area contributed by atoms with Crippen LogP contribution >= 0.6 is 31.9 Å². The molecular weight excluding hydrogens is 350 g/mol. The van der Waals surface area contributed by atoms with Crippen molar-refractivity contribution in [2.24, 2.45) is 0 Å². The lowest BCUT2D eigenvalue weighted by atomic mass is 10.0. The van der Waals surface area contributed by atoms with E-state index in [-0.39, 0.29) is 11.7 Å². The molecule has 0 aliphatic carbocycles. The number of likely N-dealkylation sites (tertiary alicyclic amines) is 1. The molecule has 17 heavy (non-hydrogen) atoms. The SMILES string of the molecule is CN1C(=O)C(Br)(Br)C(=O)C1Cc1ccccc1. The van der Waals surface area contributed by atoms with E-state index >= 15 is 0 Å². The number of alkyl halides is 2. The highest BCUT2D eigenvalue weighted by molar-refractivity contribution is 9.26. The summed E-state index contributed by atoms with van der Waals surface area (Å²) in [6.07, 6.45) is 0.543. The normalized spacial score (nSPS) is 23.2. The van der Waals surface area contributed by atoms with Crippen molar-refractivity contribution < 1.29 is 9.59 Å². The molecule has 0 aromatic heterocycles. The molecule has 1 heterocycles. The fourth-order valence-electron chi connectivity index (χ4n) is 1.92. The average molecular weight is 361 g/mol. The summed E-state index contributed by atoms with van der Waals surface area (Å²) < 4.78 is -1.24. The zero-order chi connectivity index (χ0) is 12.6. The number of carbonyl (C=O) groups is 2. The third-order valence-electron chi connectivity index (χ3n) is 2.94. The number of rotatable bonds is 2. The number of carbonyl (C=O) groups excluding carboxylic acids is 2. The van der Waals surface area contributed by atoms with Crippen LogP contribution in [0.25, 0.3) is 0 Å². The molecule has 1 aliphatic heterocycles. The summed E-state index contributed by atoms with van der Waals surface area (Å²) in [5, 5.41) is 0. The molecule has 1 atom stereocenters. The number of amides is 1. The van der Waals surface area contributed by atoms with E-state index < -0.39 is 9.28 Å². The summed E-state index contributed by atoms with van der Waals surface area (Å²) in [6.45, 7) is 0. The van der Waals surface area contributed by atoms with Crippen molar-refractivity contribution in [1.82, 2.24) is 4.90 Å². The van der Waals surface area contributed by atoms with Crippen molar-refractivity contribution in [3.8, 4) is 0 Å². The van der Waals surface area contributed by atoms with E-state index in [1.807, 2.05) is 30.3 Å². The maximum atomic E-state index is 12.1. The van der Waals surface area contributed by atoms with Crippen LogP contribution in [0.1, 0.15) is 5.56 Å². The smallest absolute Gasteiger partial charge is 0.258 e. The second-order valence-electron chi connectivity index (χ2n) is 4.06. The zero-order valence-corrected chi connectivity index (χ0v) is 12.4. The number of ketones is 1. The number of Topliss-reactive ketones (excluding diaryl/α,β-unsaturated/α-hetero) is 1. The molecule has 3 nitrogen and oxygen atoms in total. The summed E-state index contributed by atoms with van der Waals surface area (Å²) in [4.78, 5) is 25.4. The first kappa shape index (κ1) is 12.8. The van der Waals surface area contributed by atoms with Gasteiger partial charge in [-0.2, -0.15) is 0 Å². The monoisotopic (exact) mass is 359 g/mol. The largest absolute Gasteiger partial charge is 0.333 e. The molecule has 1 saturated heterocycles. The first-order chi connectivity index (χ1) is 7.94. The third-order valence-corrected chi connectivity index (χ3v) is 4.40. The molecule has 1 aromatic carbocycles. The van der Waals surface area contributed by atoms with Crippen LogP contribution in [0.5, 0.6) is 0 Å². The van der Waals surface area contributed by atoms with Gasteiger partial charge in [0.2, 0.25) is 3.23 Å². The molecular formula is C12H11Br2NO2. The summed E-state index contributed by atoms with van der Waals surface area (Å²) >= 11 is 6.29. The summed E-state index contributed by atoms with van der Waals surface area (Å²) in [6, 6.07) is 9.26. The minimum atomic E-state index is -1.24.